The molecule has 0 fully saturated rings. The van der Waals surface area contributed by atoms with Crippen molar-refractivity contribution in [2.75, 3.05) is 11.9 Å². The van der Waals surface area contributed by atoms with E-state index in [1.807, 2.05) is 0 Å². The predicted molar refractivity (Wildman–Crippen MR) is 107 cm³/mol. The number of thioether (sulfide) groups is 1. The van der Waals surface area contributed by atoms with Gasteiger partial charge in [-0.25, -0.2) is 4.98 Å². The summed E-state index contributed by atoms with van der Waals surface area (Å²) in [6.45, 7) is 2.63. The monoisotopic (exact) mass is 444 g/mol. The number of rotatable bonds is 8. The predicted octanol–water partition coefficient (Wildman–Crippen LogP) is 2.82. The number of hydrogen-bond donors (Lipinski definition) is 3. The minimum absolute atomic E-state index is 0.201. The Labute approximate surface area is 176 Å². The lowest BCUT2D eigenvalue weighted by Crippen LogP contribution is -2.47. The van der Waals surface area contributed by atoms with Crippen molar-refractivity contribution >= 4 is 29.3 Å². The van der Waals surface area contributed by atoms with Crippen LogP contribution in [0.3, 0.4) is 0 Å². The molecule has 0 aliphatic carbocycles. The summed E-state index contributed by atoms with van der Waals surface area (Å²) in [7, 11) is 1.35. The fourth-order valence-corrected chi connectivity index (χ4v) is 3.62. The van der Waals surface area contributed by atoms with E-state index in [2.05, 4.69) is 15.6 Å². The number of aromatic nitrogens is 2. The second-order valence-corrected chi connectivity index (χ2v) is 8.14. The van der Waals surface area contributed by atoms with Gasteiger partial charge in [0.15, 0.2) is 0 Å². The Morgan fingerprint density at radius 3 is 2.40 bits per heavy atom. The van der Waals surface area contributed by atoms with Gasteiger partial charge in [0.1, 0.15) is 5.82 Å². The number of carbonyl (C=O) groups is 2. The van der Waals surface area contributed by atoms with Crippen molar-refractivity contribution in [3.05, 3.63) is 42.5 Å². The molecule has 0 aliphatic heterocycles. The quantitative estimate of drug-likeness (QED) is 0.544. The van der Waals surface area contributed by atoms with Crippen LogP contribution in [-0.2, 0) is 22.2 Å². The maximum absolute atomic E-state index is 13.5. The molecule has 3 N–H and O–H groups in total. The van der Waals surface area contributed by atoms with Crippen LogP contribution in [0.4, 0.5) is 18.9 Å². The van der Waals surface area contributed by atoms with Crippen LogP contribution in [0.2, 0.25) is 0 Å². The first kappa shape index (κ1) is 23.7. The van der Waals surface area contributed by atoms with Crippen molar-refractivity contribution in [3.63, 3.8) is 0 Å². The molecule has 0 radical (unpaired) electrons. The number of benzene rings is 1. The van der Waals surface area contributed by atoms with E-state index in [0.717, 1.165) is 9.46 Å². The normalized spacial score (nSPS) is 14.6. The topological polar surface area (TPSA) is 96.2 Å². The molecule has 164 valence electrons. The largest absolute Gasteiger partial charge is 0.424 e. The second-order valence-electron chi connectivity index (χ2n) is 6.73. The van der Waals surface area contributed by atoms with Crippen LogP contribution in [0.15, 0.2) is 41.6 Å². The molecule has 0 saturated carbocycles. The third-order valence-corrected chi connectivity index (χ3v) is 5.41. The third-order valence-electron chi connectivity index (χ3n) is 4.30. The van der Waals surface area contributed by atoms with Gasteiger partial charge < -0.3 is 20.3 Å². The van der Waals surface area contributed by atoms with Crippen molar-refractivity contribution in [2.24, 2.45) is 7.05 Å². The average Bonchev–Trinajstić information content (AvgIpc) is 3.08. The van der Waals surface area contributed by atoms with Gasteiger partial charge in [-0.05, 0) is 31.2 Å². The molecule has 0 bridgehead atoms. The number of aliphatic hydroxyl groups is 1. The summed E-state index contributed by atoms with van der Waals surface area (Å²) in [5, 5.41) is 14.8. The van der Waals surface area contributed by atoms with E-state index in [1.165, 1.54) is 38.1 Å². The van der Waals surface area contributed by atoms with Gasteiger partial charge in [-0.2, -0.15) is 13.2 Å². The standard InChI is InChI=1S/C19H23F3N4O3S/c1-12(30-15-6-4-14(5-7-15)25-13(2)27)16(28)23-9-8-18(29,19(20,21)22)17-24-10-11-26(17)3/h4-7,10-12,29H,8-9H2,1-3H3,(H,23,28)(H,25,27). The first-order valence-electron chi connectivity index (χ1n) is 9.03. The zero-order chi connectivity index (χ0) is 22.5. The number of anilines is 1. The molecule has 2 aromatic rings. The maximum atomic E-state index is 13.5. The number of nitrogens with one attached hydrogen (secondary N) is 2. The number of imidazole rings is 1. The summed E-state index contributed by atoms with van der Waals surface area (Å²) >= 11 is 1.22. The molecule has 0 aliphatic rings. The van der Waals surface area contributed by atoms with Crippen molar-refractivity contribution in [1.29, 1.82) is 0 Å². The first-order valence-corrected chi connectivity index (χ1v) is 9.91. The Bertz CT molecular complexity index is 886. The zero-order valence-corrected chi connectivity index (χ0v) is 17.5. The molecule has 0 saturated heterocycles. The molecule has 1 aromatic carbocycles. The Hall–Kier alpha value is -2.53. The molecule has 0 spiro atoms. The number of nitrogens with zero attached hydrogens (tertiary/aromatic N) is 2. The smallest absolute Gasteiger partial charge is 0.374 e. The summed E-state index contributed by atoms with van der Waals surface area (Å²) in [4.78, 5) is 27.7. The molecule has 2 atom stereocenters. The van der Waals surface area contributed by atoms with Crippen molar-refractivity contribution in [1.82, 2.24) is 14.9 Å². The van der Waals surface area contributed by atoms with E-state index in [1.54, 1.807) is 31.2 Å². The lowest BCUT2D eigenvalue weighted by Gasteiger charge is -2.30. The van der Waals surface area contributed by atoms with E-state index in [4.69, 9.17) is 0 Å². The fraction of sp³-hybridized carbons (Fsp3) is 0.421. The number of alkyl halides is 3. The average molecular weight is 444 g/mol. The van der Waals surface area contributed by atoms with E-state index < -0.39 is 35.2 Å². The van der Waals surface area contributed by atoms with E-state index in [-0.39, 0.29) is 12.5 Å². The van der Waals surface area contributed by atoms with Crippen LogP contribution < -0.4 is 10.6 Å². The lowest BCUT2D eigenvalue weighted by molar-refractivity contribution is -0.272. The third kappa shape index (κ3) is 5.76. The summed E-state index contributed by atoms with van der Waals surface area (Å²) in [6.07, 6.45) is -3.25. The number of halogens is 3. The first-order chi connectivity index (χ1) is 13.9. The van der Waals surface area contributed by atoms with Gasteiger partial charge in [0, 0.05) is 49.9 Å². The Morgan fingerprint density at radius 1 is 1.27 bits per heavy atom. The van der Waals surface area contributed by atoms with Crippen LogP contribution in [0.1, 0.15) is 26.1 Å². The molecular weight excluding hydrogens is 421 g/mol. The molecule has 11 heteroatoms. The SMILES string of the molecule is CC(=O)Nc1ccc(SC(C)C(=O)NCCC(O)(c2nccn2C)C(F)(F)F)cc1. The highest BCUT2D eigenvalue weighted by Gasteiger charge is 2.57. The minimum Gasteiger partial charge on any atom is -0.374 e. The molecule has 7 nitrogen and oxygen atoms in total. The molecule has 30 heavy (non-hydrogen) atoms. The molecule has 1 aromatic heterocycles. The van der Waals surface area contributed by atoms with E-state index in [9.17, 15) is 27.9 Å². The molecule has 2 amide bonds. The van der Waals surface area contributed by atoms with E-state index >= 15 is 0 Å². The van der Waals surface area contributed by atoms with E-state index in [0.29, 0.717) is 5.69 Å². The maximum Gasteiger partial charge on any atom is 0.424 e. The van der Waals surface area contributed by atoms with Crippen LogP contribution >= 0.6 is 11.8 Å². The Balaban J connectivity index is 1.94. The molecule has 2 rings (SSSR count). The zero-order valence-electron chi connectivity index (χ0n) is 16.7. The summed E-state index contributed by atoms with van der Waals surface area (Å²) in [5.41, 5.74) is -2.56. The number of amides is 2. The van der Waals surface area contributed by atoms with Crippen molar-refractivity contribution in [3.8, 4) is 0 Å². The lowest BCUT2D eigenvalue weighted by atomic mass is 9.97. The van der Waals surface area contributed by atoms with Crippen LogP contribution in [0.5, 0.6) is 0 Å². The number of aryl methyl sites for hydroxylation is 1. The van der Waals surface area contributed by atoms with Gasteiger partial charge in [0.2, 0.25) is 17.4 Å². The van der Waals surface area contributed by atoms with Crippen LogP contribution in [0, 0.1) is 0 Å². The van der Waals surface area contributed by atoms with Crippen molar-refractivity contribution in [2.45, 2.75) is 42.2 Å². The van der Waals surface area contributed by atoms with Gasteiger partial charge >= 0.3 is 6.18 Å². The molecule has 1 heterocycles. The summed E-state index contributed by atoms with van der Waals surface area (Å²) < 4.78 is 41.5. The second kappa shape index (κ2) is 9.52. The van der Waals surface area contributed by atoms with Gasteiger partial charge in [-0.1, -0.05) is 0 Å². The van der Waals surface area contributed by atoms with Crippen molar-refractivity contribution < 1.29 is 27.9 Å². The van der Waals surface area contributed by atoms with Crippen LogP contribution in [0.25, 0.3) is 0 Å². The fourth-order valence-electron chi connectivity index (χ4n) is 2.73. The van der Waals surface area contributed by atoms with Gasteiger partial charge in [0.25, 0.3) is 0 Å². The molecular formula is C19H23F3N4O3S. The van der Waals surface area contributed by atoms with Gasteiger partial charge in [-0.15, -0.1) is 11.8 Å². The van der Waals surface area contributed by atoms with Gasteiger partial charge in [-0.3, -0.25) is 9.59 Å². The number of hydrogen-bond acceptors (Lipinski definition) is 5. The van der Waals surface area contributed by atoms with Crippen LogP contribution in [-0.4, -0.2) is 44.4 Å². The highest BCUT2D eigenvalue weighted by Crippen LogP contribution is 2.40. The van der Waals surface area contributed by atoms with Gasteiger partial charge in [0.05, 0.1) is 5.25 Å². The highest BCUT2D eigenvalue weighted by molar-refractivity contribution is 8.00. The summed E-state index contributed by atoms with van der Waals surface area (Å²) in [5.74, 6) is -1.20. The number of carbonyl (C=O) groups excluding carboxylic acids is 2. The summed E-state index contributed by atoms with van der Waals surface area (Å²) in [6, 6.07) is 6.82. The Morgan fingerprint density at radius 2 is 1.90 bits per heavy atom. The highest BCUT2D eigenvalue weighted by atomic mass is 32.2. The Kier molecular flexibility index (Phi) is 7.54. The molecule has 2 unspecified atom stereocenters. The minimum atomic E-state index is -4.95.